The molecule has 0 saturated heterocycles. The fraction of sp³-hybridized carbons (Fsp3) is 0.0380. The molecule has 1 aliphatic rings. The molecule has 0 unspecified atom stereocenters. The van der Waals surface area contributed by atoms with Gasteiger partial charge in [0.05, 0.1) is 56.1 Å². The molecule has 4 aromatic heterocycles. The zero-order chi connectivity index (χ0) is 58.6. The summed E-state index contributed by atoms with van der Waals surface area (Å²) in [5.74, 6) is 1.84. The third-order valence-corrected chi connectivity index (χ3v) is 18.8. The fourth-order valence-corrected chi connectivity index (χ4v) is 14.6. The van der Waals surface area contributed by atoms with Crippen molar-refractivity contribution in [2.45, 2.75) is 29.1 Å². The van der Waals surface area contributed by atoms with Crippen LogP contribution >= 0.6 is 11.8 Å². The van der Waals surface area contributed by atoms with Gasteiger partial charge in [0.2, 0.25) is 0 Å². The Bertz CT molecular complexity index is 5380. The molecule has 414 valence electrons. The molecular formula is C79H52N8S. The van der Waals surface area contributed by atoms with E-state index in [0.29, 0.717) is 23.0 Å². The highest BCUT2D eigenvalue weighted by Crippen LogP contribution is 2.53. The van der Waals surface area contributed by atoms with Gasteiger partial charge in [-0.3, -0.25) is 0 Å². The standard InChI is InChI=1S/C79H52N8S/c1-79(2)63-26-12-17-31-68(63)84(69-32-18-13-27-64(69)79)54-39-41-56(42-40-54)86-66-29-15-10-24-61(66)70-73-71(75-72(74(70)86)62-25-11-16-30-67(62)87(75)57-43-47-59(48-44-57)88-58-45-33-50(49-80)34-46-58)60-23-9-14-28-65(60)85(73)55-37-35-53(36-38-55)78-82-76(51-19-5-3-6-20-51)81-77(83-78)52-21-7-4-8-22-52/h3-48H,1-2H3. The quantitative estimate of drug-likeness (QED) is 0.143. The normalized spacial score (nSPS) is 12.8. The van der Waals surface area contributed by atoms with E-state index in [1.807, 2.05) is 84.9 Å². The van der Waals surface area contributed by atoms with Gasteiger partial charge in [0.25, 0.3) is 0 Å². The maximum Gasteiger partial charge on any atom is 0.164 e. The highest BCUT2D eigenvalue weighted by Gasteiger charge is 2.37. The monoisotopic (exact) mass is 1140 g/mol. The number of nitrogens with zero attached hydrogens (tertiary/aromatic N) is 8. The molecular weight excluding hydrogens is 1090 g/mol. The summed E-state index contributed by atoms with van der Waals surface area (Å²) < 4.78 is 7.50. The van der Waals surface area contributed by atoms with Crippen molar-refractivity contribution in [3.8, 4) is 57.3 Å². The summed E-state index contributed by atoms with van der Waals surface area (Å²) in [6.45, 7) is 4.68. The first kappa shape index (κ1) is 51.1. The second-order valence-corrected chi connectivity index (χ2v) is 24.2. The van der Waals surface area contributed by atoms with Gasteiger partial charge in [-0.2, -0.15) is 5.26 Å². The van der Waals surface area contributed by atoms with Crippen LogP contribution in [0.3, 0.4) is 0 Å². The van der Waals surface area contributed by atoms with Crippen molar-refractivity contribution in [2.24, 2.45) is 0 Å². The third-order valence-electron chi connectivity index (χ3n) is 17.7. The Hall–Kier alpha value is -11.3. The number of aromatic nitrogens is 6. The summed E-state index contributed by atoms with van der Waals surface area (Å²) in [5.41, 5.74) is 19.1. The molecule has 17 rings (SSSR count). The Balaban J connectivity index is 0.928. The highest BCUT2D eigenvalue weighted by molar-refractivity contribution is 7.99. The number of para-hydroxylation sites is 5. The lowest BCUT2D eigenvalue weighted by Gasteiger charge is -2.42. The molecule has 5 heterocycles. The van der Waals surface area contributed by atoms with Crippen molar-refractivity contribution >= 4 is 94.2 Å². The maximum atomic E-state index is 9.52. The molecule has 0 saturated carbocycles. The number of hydrogen-bond acceptors (Lipinski definition) is 6. The van der Waals surface area contributed by atoms with Crippen LogP contribution in [0.4, 0.5) is 17.1 Å². The second-order valence-electron chi connectivity index (χ2n) is 23.1. The van der Waals surface area contributed by atoms with E-state index in [4.69, 9.17) is 15.0 Å². The van der Waals surface area contributed by atoms with E-state index in [0.717, 1.165) is 109 Å². The highest BCUT2D eigenvalue weighted by atomic mass is 32.2. The summed E-state index contributed by atoms with van der Waals surface area (Å²) in [5, 5.41) is 16.5. The molecule has 88 heavy (non-hydrogen) atoms. The Morgan fingerprint density at radius 1 is 0.341 bits per heavy atom. The smallest absolute Gasteiger partial charge is 0.164 e. The molecule has 0 spiro atoms. The number of hydrogen-bond donors (Lipinski definition) is 0. The van der Waals surface area contributed by atoms with E-state index >= 15 is 0 Å². The van der Waals surface area contributed by atoms with Crippen LogP contribution in [0.2, 0.25) is 0 Å². The number of nitriles is 1. The van der Waals surface area contributed by atoms with Crippen molar-refractivity contribution in [3.05, 3.63) is 296 Å². The van der Waals surface area contributed by atoms with Crippen LogP contribution < -0.4 is 4.90 Å². The van der Waals surface area contributed by atoms with E-state index in [1.165, 1.54) is 27.9 Å². The number of benzene rings is 12. The minimum atomic E-state index is -0.173. The Morgan fingerprint density at radius 3 is 1.09 bits per heavy atom. The molecule has 9 heteroatoms. The average molecular weight is 1150 g/mol. The molecule has 0 amide bonds. The van der Waals surface area contributed by atoms with Gasteiger partial charge < -0.3 is 18.6 Å². The molecule has 16 aromatic rings. The largest absolute Gasteiger partial charge is 0.310 e. The molecule has 0 fully saturated rings. The van der Waals surface area contributed by atoms with E-state index in [9.17, 15) is 5.26 Å². The summed E-state index contributed by atoms with van der Waals surface area (Å²) in [4.78, 5) is 19.9. The minimum absolute atomic E-state index is 0.173. The summed E-state index contributed by atoms with van der Waals surface area (Å²) in [6.07, 6.45) is 0. The van der Waals surface area contributed by atoms with Gasteiger partial charge in [0.1, 0.15) is 0 Å². The zero-order valence-corrected chi connectivity index (χ0v) is 48.9. The maximum absolute atomic E-state index is 9.52. The summed E-state index contributed by atoms with van der Waals surface area (Å²) in [7, 11) is 0. The Kier molecular flexibility index (Phi) is 11.7. The average Bonchev–Trinajstić information content (AvgIpc) is 1.50. The van der Waals surface area contributed by atoms with E-state index in [-0.39, 0.29) is 5.41 Å². The first-order valence-electron chi connectivity index (χ1n) is 29.7. The number of fused-ring (bicyclic) bond motifs is 14. The fourth-order valence-electron chi connectivity index (χ4n) is 13.7. The van der Waals surface area contributed by atoms with Gasteiger partial charge in [-0.1, -0.05) is 177 Å². The van der Waals surface area contributed by atoms with Crippen LogP contribution in [-0.4, -0.2) is 28.7 Å². The molecule has 8 nitrogen and oxygen atoms in total. The molecule has 1 aliphatic heterocycles. The molecule has 0 aliphatic carbocycles. The van der Waals surface area contributed by atoms with Crippen molar-refractivity contribution in [1.29, 1.82) is 5.26 Å². The summed E-state index contributed by atoms with van der Waals surface area (Å²) >= 11 is 1.69. The van der Waals surface area contributed by atoms with Gasteiger partial charge in [-0.05, 0) is 139 Å². The minimum Gasteiger partial charge on any atom is -0.310 e. The lowest BCUT2D eigenvalue weighted by Crippen LogP contribution is -2.30. The van der Waals surface area contributed by atoms with E-state index < -0.39 is 0 Å². The van der Waals surface area contributed by atoms with Gasteiger partial charge >= 0.3 is 0 Å². The first-order valence-corrected chi connectivity index (χ1v) is 30.5. The predicted molar refractivity (Wildman–Crippen MR) is 361 cm³/mol. The zero-order valence-electron chi connectivity index (χ0n) is 48.0. The number of rotatable bonds is 9. The van der Waals surface area contributed by atoms with Crippen molar-refractivity contribution in [1.82, 2.24) is 28.7 Å². The Morgan fingerprint density at radius 2 is 0.670 bits per heavy atom. The van der Waals surface area contributed by atoms with Crippen LogP contribution in [0.15, 0.2) is 289 Å². The topological polar surface area (TPSA) is 80.5 Å². The SMILES string of the molecule is CC1(C)c2ccccc2N(c2ccc(-n3c4ccccc4c4c5c(c6ccccc6n5-c5ccc(-c6nc(-c7ccccc7)nc(-c7ccccc7)n6)cc5)c5c(c6ccccc6n5-c5ccc(Sc6ccc(C#N)cc6)cc5)c43)cc2)c2ccccc21. The first-order chi connectivity index (χ1) is 43.4. The lowest BCUT2D eigenvalue weighted by molar-refractivity contribution is 0.632. The van der Waals surface area contributed by atoms with Crippen LogP contribution in [0.25, 0.3) is 117 Å². The van der Waals surface area contributed by atoms with Crippen LogP contribution in [0.1, 0.15) is 30.5 Å². The number of anilines is 3. The molecule has 0 atom stereocenters. The Labute approximate surface area is 512 Å². The molecule has 0 bridgehead atoms. The summed E-state index contributed by atoms with van der Waals surface area (Å²) in [6, 6.07) is 102. The molecule has 12 aromatic carbocycles. The van der Waals surface area contributed by atoms with Crippen LogP contribution in [-0.2, 0) is 5.41 Å². The van der Waals surface area contributed by atoms with Crippen LogP contribution in [0.5, 0.6) is 0 Å². The van der Waals surface area contributed by atoms with Gasteiger partial charge in [-0.15, -0.1) is 0 Å². The van der Waals surface area contributed by atoms with Crippen LogP contribution in [0, 0.1) is 11.3 Å². The van der Waals surface area contributed by atoms with Crippen molar-refractivity contribution < 1.29 is 0 Å². The second kappa shape index (κ2) is 20.2. The van der Waals surface area contributed by atoms with Gasteiger partial charge in [0, 0.05) is 87.0 Å². The lowest BCUT2D eigenvalue weighted by atomic mass is 9.73. The predicted octanol–water partition coefficient (Wildman–Crippen LogP) is 20.3. The molecule has 0 N–H and O–H groups in total. The van der Waals surface area contributed by atoms with E-state index in [2.05, 4.69) is 233 Å². The van der Waals surface area contributed by atoms with E-state index in [1.54, 1.807) is 11.8 Å². The van der Waals surface area contributed by atoms with Gasteiger partial charge in [0.15, 0.2) is 17.5 Å². The van der Waals surface area contributed by atoms with Crippen molar-refractivity contribution in [3.63, 3.8) is 0 Å². The van der Waals surface area contributed by atoms with Crippen molar-refractivity contribution in [2.75, 3.05) is 4.90 Å². The third kappa shape index (κ3) is 7.96. The van der Waals surface area contributed by atoms with Gasteiger partial charge in [-0.25, -0.2) is 15.0 Å². The molecule has 0 radical (unpaired) electrons.